The number of ether oxygens (including phenoxy) is 1. The van der Waals surface area contributed by atoms with Gasteiger partial charge in [0.2, 0.25) is 5.01 Å². The predicted octanol–water partition coefficient (Wildman–Crippen LogP) is 6.56. The van der Waals surface area contributed by atoms with Crippen molar-refractivity contribution in [2.75, 3.05) is 9.62 Å². The molecule has 10 nitrogen and oxygen atoms in total. The Bertz CT molecular complexity index is 1390. The normalized spacial score (nSPS) is 18.1. The van der Waals surface area contributed by atoms with Crippen molar-refractivity contribution in [3.05, 3.63) is 22.7 Å². The minimum absolute atomic E-state index is 0.0185. The monoisotopic (exact) mass is 620 g/mol. The van der Waals surface area contributed by atoms with Gasteiger partial charge in [0.1, 0.15) is 5.69 Å². The van der Waals surface area contributed by atoms with Crippen LogP contribution in [-0.2, 0) is 21.2 Å². The van der Waals surface area contributed by atoms with E-state index in [1.54, 1.807) is 0 Å². The Morgan fingerprint density at radius 2 is 1.82 bits per heavy atom. The number of aromatic nitrogens is 2. The topological polar surface area (TPSA) is 126 Å². The predicted molar refractivity (Wildman–Crippen MR) is 130 cm³/mol. The summed E-state index contributed by atoms with van der Waals surface area (Å²) in [5.41, 5.74) is -5.37. The highest BCUT2D eigenvalue weighted by Gasteiger charge is 2.56. The maximum atomic E-state index is 13.6. The van der Waals surface area contributed by atoms with Crippen molar-refractivity contribution in [1.29, 1.82) is 0 Å². The molecule has 0 saturated heterocycles. The molecule has 1 aromatic heterocycles. The number of sulfonamides is 1. The second-order valence-electron chi connectivity index (χ2n) is 9.04. The number of nitrogens with one attached hydrogen (secondary N) is 1. The van der Waals surface area contributed by atoms with E-state index in [1.807, 2.05) is 25.7 Å². The third kappa shape index (κ3) is 6.61. The number of anilines is 2. The van der Waals surface area contributed by atoms with E-state index in [9.17, 15) is 43.9 Å². The minimum atomic E-state index is -5.86. The molecule has 0 amide bonds. The van der Waals surface area contributed by atoms with Crippen LogP contribution < -0.4 is 9.62 Å². The van der Waals surface area contributed by atoms with Gasteiger partial charge in [-0.2, -0.15) is 39.2 Å². The van der Waals surface area contributed by atoms with Crippen LogP contribution in [0, 0.1) is 0 Å². The number of nitrogens with zero attached hydrogens (tertiary/aromatic N) is 5. The molecule has 0 aliphatic carbocycles. The Hall–Kier alpha value is -3.09. The lowest BCUT2D eigenvalue weighted by Gasteiger charge is -2.42. The molecular formula is C21H23F7N6O4S2. The molecule has 0 saturated carbocycles. The van der Waals surface area contributed by atoms with Gasteiger partial charge in [-0.3, -0.25) is 4.72 Å². The number of halogens is 7. The highest BCUT2D eigenvalue weighted by atomic mass is 32.2. The van der Waals surface area contributed by atoms with E-state index in [0.717, 1.165) is 6.42 Å². The Balaban J connectivity index is 2.00. The van der Waals surface area contributed by atoms with Crippen molar-refractivity contribution >= 4 is 49.5 Å². The number of fused-ring (bicyclic) bond motifs is 1. The first-order chi connectivity index (χ1) is 18.3. The van der Waals surface area contributed by atoms with Gasteiger partial charge in [0.25, 0.3) is 5.13 Å². The summed E-state index contributed by atoms with van der Waals surface area (Å²) >= 11 is 0.253. The van der Waals surface area contributed by atoms with E-state index in [4.69, 9.17) is 0 Å². The molecule has 2 aromatic rings. The van der Waals surface area contributed by atoms with E-state index in [0.29, 0.717) is 24.1 Å². The number of benzene rings is 1. The molecular weight excluding hydrogens is 597 g/mol. The van der Waals surface area contributed by atoms with Gasteiger partial charge in [0.15, 0.2) is 0 Å². The summed E-state index contributed by atoms with van der Waals surface area (Å²) in [6.45, 7) is 5.69. The molecule has 40 heavy (non-hydrogen) atoms. The summed E-state index contributed by atoms with van der Waals surface area (Å²) in [4.78, 5) is 13.8. The molecule has 1 aromatic carbocycles. The average molecular weight is 621 g/mol. The van der Waals surface area contributed by atoms with Crippen molar-refractivity contribution in [3.8, 4) is 0 Å². The van der Waals surface area contributed by atoms with Crippen molar-refractivity contribution in [2.24, 2.45) is 10.2 Å². The van der Waals surface area contributed by atoms with Crippen LogP contribution in [0.5, 0.6) is 0 Å². The molecule has 222 valence electrons. The first kappa shape index (κ1) is 31.4. The Labute approximate surface area is 227 Å². The molecule has 1 aliphatic rings. The lowest BCUT2D eigenvalue weighted by Crippen LogP contribution is -2.43. The van der Waals surface area contributed by atoms with Crippen LogP contribution in [0.4, 0.5) is 52.9 Å². The largest absolute Gasteiger partial charge is 0.516 e. The van der Waals surface area contributed by atoms with Crippen molar-refractivity contribution in [1.82, 2.24) is 10.2 Å². The number of alkyl halides is 7. The smallest absolute Gasteiger partial charge is 0.414 e. The highest BCUT2D eigenvalue weighted by molar-refractivity contribution is 7.93. The van der Waals surface area contributed by atoms with Gasteiger partial charge in [-0.25, -0.2) is 4.79 Å². The Morgan fingerprint density at radius 1 is 1.18 bits per heavy atom. The molecule has 19 heteroatoms. The maximum absolute atomic E-state index is 13.6. The number of esters is 1. The van der Waals surface area contributed by atoms with Crippen LogP contribution in [-0.4, -0.2) is 54.2 Å². The second-order valence-corrected chi connectivity index (χ2v) is 11.7. The number of hydrogen-bond acceptors (Lipinski definition) is 10. The SMILES string of the molecule is CCC1CCc2cc(N=Nc3nnc(C(=O)OC(C)(F)C(F)(F)F)s3)c(NS(=O)(=O)C(F)(F)F)cc2N1C(C)C. The lowest BCUT2D eigenvalue weighted by atomic mass is 9.92. The van der Waals surface area contributed by atoms with Gasteiger partial charge in [-0.1, -0.05) is 18.3 Å². The molecule has 0 bridgehead atoms. The van der Waals surface area contributed by atoms with Gasteiger partial charge in [0, 0.05) is 24.7 Å². The molecule has 3 rings (SSSR count). The summed E-state index contributed by atoms with van der Waals surface area (Å²) < 4.78 is 120. The number of carbonyl (C=O) groups excluding carboxylic acids is 1. The van der Waals surface area contributed by atoms with E-state index in [-0.39, 0.29) is 36.0 Å². The summed E-state index contributed by atoms with van der Waals surface area (Å²) in [6.07, 6.45) is -3.58. The number of azo groups is 1. The van der Waals surface area contributed by atoms with E-state index in [2.05, 4.69) is 25.2 Å². The van der Waals surface area contributed by atoms with Gasteiger partial charge >= 0.3 is 33.5 Å². The first-order valence-corrected chi connectivity index (χ1v) is 13.9. The van der Waals surface area contributed by atoms with E-state index < -0.39 is 49.4 Å². The molecule has 2 atom stereocenters. The van der Waals surface area contributed by atoms with E-state index >= 15 is 0 Å². The standard InChI is InChI=1S/C21H23F7N6O4S2/c1-5-12-7-6-11-8-13(14(9-15(11)34(12)10(2)3)33-40(36,37)21(26,27)28)29-31-18-32-30-16(39-18)17(35)38-19(4,22)20(23,24)25/h8-10,12,33H,5-7H2,1-4H3. The fourth-order valence-electron chi connectivity index (χ4n) is 3.90. The average Bonchev–Trinajstić information content (AvgIpc) is 3.29. The number of aryl methyl sites for hydroxylation is 1. The number of hydrogen-bond donors (Lipinski definition) is 1. The van der Waals surface area contributed by atoms with Crippen molar-refractivity contribution in [3.63, 3.8) is 0 Å². The van der Waals surface area contributed by atoms with Gasteiger partial charge < -0.3 is 9.64 Å². The summed E-state index contributed by atoms with van der Waals surface area (Å²) in [7, 11) is -5.86. The quantitative estimate of drug-likeness (QED) is 0.201. The molecule has 1 aliphatic heterocycles. The first-order valence-electron chi connectivity index (χ1n) is 11.6. The Morgan fingerprint density at radius 3 is 2.38 bits per heavy atom. The molecule has 0 radical (unpaired) electrons. The molecule has 2 unspecified atom stereocenters. The van der Waals surface area contributed by atoms with E-state index in [1.165, 1.54) is 16.9 Å². The van der Waals surface area contributed by atoms with Crippen LogP contribution >= 0.6 is 11.3 Å². The second kappa shape index (κ2) is 11.1. The Kier molecular flexibility index (Phi) is 8.69. The lowest BCUT2D eigenvalue weighted by molar-refractivity contribution is -0.303. The molecule has 0 fully saturated rings. The van der Waals surface area contributed by atoms with Crippen LogP contribution in [0.15, 0.2) is 22.4 Å². The summed E-state index contributed by atoms with van der Waals surface area (Å²) in [6, 6.07) is 2.54. The number of rotatable bonds is 8. The zero-order chi connectivity index (χ0) is 30.3. The fourth-order valence-corrected chi connectivity index (χ4v) is 5.01. The van der Waals surface area contributed by atoms with Crippen molar-refractivity contribution < 1.29 is 48.7 Å². The van der Waals surface area contributed by atoms with Crippen LogP contribution in [0.1, 0.15) is 55.9 Å². The maximum Gasteiger partial charge on any atom is 0.516 e. The third-order valence-electron chi connectivity index (χ3n) is 5.81. The summed E-state index contributed by atoms with van der Waals surface area (Å²) in [5.74, 6) is -6.11. The third-order valence-corrected chi connectivity index (χ3v) is 7.70. The zero-order valence-corrected chi connectivity index (χ0v) is 22.9. The van der Waals surface area contributed by atoms with Crippen LogP contribution in [0.3, 0.4) is 0 Å². The van der Waals surface area contributed by atoms with Gasteiger partial charge in [-0.05, 0) is 50.8 Å². The van der Waals surface area contributed by atoms with Crippen LogP contribution in [0.25, 0.3) is 0 Å². The summed E-state index contributed by atoms with van der Waals surface area (Å²) in [5, 5.41) is 12.8. The minimum Gasteiger partial charge on any atom is -0.414 e. The zero-order valence-electron chi connectivity index (χ0n) is 21.3. The molecule has 1 N–H and O–H groups in total. The fraction of sp³-hybridized carbons (Fsp3) is 0.571. The van der Waals surface area contributed by atoms with Gasteiger partial charge in [0.05, 0.1) is 5.69 Å². The molecule has 2 heterocycles. The highest BCUT2D eigenvalue weighted by Crippen LogP contribution is 2.42. The van der Waals surface area contributed by atoms with Crippen LogP contribution in [0.2, 0.25) is 0 Å². The molecule has 0 spiro atoms. The van der Waals surface area contributed by atoms with Gasteiger partial charge in [-0.15, -0.1) is 20.4 Å². The van der Waals surface area contributed by atoms with Crippen molar-refractivity contribution in [2.45, 2.75) is 76.6 Å². The number of carbonyl (C=O) groups is 1.